The topological polar surface area (TPSA) is 151 Å². The molecular weight excluding hydrogens is 524 g/mol. The predicted octanol–water partition coefficient (Wildman–Crippen LogP) is 1.68. The highest BCUT2D eigenvalue weighted by molar-refractivity contribution is 6.15. The highest BCUT2D eigenvalue weighted by atomic mass is 16.2. The molecule has 5 heterocycles. The number of carbonyl (C=O) groups is 3. The van der Waals surface area contributed by atoms with Crippen molar-refractivity contribution in [3.8, 4) is 5.95 Å². The van der Waals surface area contributed by atoms with E-state index in [1.165, 1.54) is 12.8 Å². The van der Waals surface area contributed by atoms with Crippen LogP contribution in [-0.2, 0) is 9.59 Å². The first-order valence-corrected chi connectivity index (χ1v) is 14.1. The summed E-state index contributed by atoms with van der Waals surface area (Å²) in [6.07, 6.45) is 10.4. The van der Waals surface area contributed by atoms with Crippen LogP contribution in [0.2, 0.25) is 0 Å². The molecule has 4 aromatic rings. The van der Waals surface area contributed by atoms with E-state index in [9.17, 15) is 14.4 Å². The van der Waals surface area contributed by atoms with Crippen molar-refractivity contribution in [2.24, 2.45) is 0 Å². The Kier molecular flexibility index (Phi) is 6.42. The molecule has 3 amide bonds. The first-order valence-electron chi connectivity index (χ1n) is 14.1. The van der Waals surface area contributed by atoms with Crippen LogP contribution in [-0.4, -0.2) is 84.0 Å². The van der Waals surface area contributed by atoms with Crippen molar-refractivity contribution in [1.82, 2.24) is 44.7 Å². The third-order valence-electron chi connectivity index (χ3n) is 7.68. The molecule has 0 radical (unpaired) electrons. The summed E-state index contributed by atoms with van der Waals surface area (Å²) >= 11 is 0. The summed E-state index contributed by atoms with van der Waals surface area (Å²) in [4.78, 5) is 53.1. The Bertz CT molecular complexity index is 1710. The summed E-state index contributed by atoms with van der Waals surface area (Å²) < 4.78 is 3.37. The molecule has 0 atom stereocenters. The van der Waals surface area contributed by atoms with Gasteiger partial charge in [-0.25, -0.2) is 4.98 Å². The van der Waals surface area contributed by atoms with E-state index in [2.05, 4.69) is 30.9 Å². The van der Waals surface area contributed by atoms with Crippen molar-refractivity contribution < 1.29 is 14.4 Å². The number of anilines is 1. The number of benzene rings is 1. The maximum Gasteiger partial charge on any atom is 0.254 e. The van der Waals surface area contributed by atoms with Crippen LogP contribution >= 0.6 is 0 Å². The van der Waals surface area contributed by atoms with Crippen molar-refractivity contribution >= 4 is 46.4 Å². The molecule has 3 N–H and O–H groups in total. The Morgan fingerprint density at radius 2 is 2.00 bits per heavy atom. The minimum atomic E-state index is -0.410. The zero-order chi connectivity index (χ0) is 27.9. The summed E-state index contributed by atoms with van der Waals surface area (Å²) in [5.74, 6) is 0.0317. The molecule has 1 saturated carbocycles. The van der Waals surface area contributed by atoms with E-state index in [4.69, 9.17) is 9.97 Å². The molecule has 0 bridgehead atoms. The SMILES string of the molecule is O=C1CC(=Cc2cnn3c(NC4CC4)nc(-n4cnc5cc(C(=O)NCCCN6CCCC6)ccc54)nc23)C(=O)N1. The van der Waals surface area contributed by atoms with Gasteiger partial charge in [-0.05, 0) is 76.0 Å². The Balaban J connectivity index is 1.16. The van der Waals surface area contributed by atoms with Gasteiger partial charge in [-0.1, -0.05) is 0 Å². The molecule has 2 aliphatic heterocycles. The Labute approximate surface area is 235 Å². The molecule has 3 aromatic heterocycles. The van der Waals surface area contributed by atoms with Crippen molar-refractivity contribution in [2.45, 2.75) is 44.6 Å². The van der Waals surface area contributed by atoms with Gasteiger partial charge in [0.15, 0.2) is 5.65 Å². The minimum Gasteiger partial charge on any atom is -0.352 e. The van der Waals surface area contributed by atoms with Gasteiger partial charge in [0.05, 0.1) is 23.7 Å². The summed E-state index contributed by atoms with van der Waals surface area (Å²) in [7, 11) is 0. The smallest absolute Gasteiger partial charge is 0.254 e. The average molecular weight is 555 g/mol. The molecule has 0 spiro atoms. The molecule has 13 nitrogen and oxygen atoms in total. The van der Waals surface area contributed by atoms with Gasteiger partial charge in [0.2, 0.25) is 17.8 Å². The van der Waals surface area contributed by atoms with Crippen LogP contribution in [0.4, 0.5) is 5.95 Å². The summed E-state index contributed by atoms with van der Waals surface area (Å²) in [6, 6.07) is 5.70. The number of amides is 3. The molecule has 7 rings (SSSR count). The predicted molar refractivity (Wildman–Crippen MR) is 150 cm³/mol. The van der Waals surface area contributed by atoms with Crippen molar-refractivity contribution in [1.29, 1.82) is 0 Å². The standard InChI is InChI=1S/C28H30N10O3/c39-23-14-18(26(41)33-23)12-19-15-31-38-24(19)34-27(35-28(38)32-20-5-6-20)37-16-30-21-13-17(4-7-22(21)37)25(40)29-8-3-11-36-9-1-2-10-36/h4,7,12-13,15-16,20H,1-3,5-6,8-11,14H2,(H,29,40)(H,32,34,35)(H,33,39,41). The second-order valence-corrected chi connectivity index (χ2v) is 10.8. The van der Waals surface area contributed by atoms with Crippen LogP contribution in [0.25, 0.3) is 28.7 Å². The number of rotatable bonds is 9. The molecule has 1 aliphatic carbocycles. The van der Waals surface area contributed by atoms with Gasteiger partial charge in [-0.2, -0.15) is 19.6 Å². The van der Waals surface area contributed by atoms with E-state index < -0.39 is 5.91 Å². The molecule has 13 heteroatoms. The van der Waals surface area contributed by atoms with Gasteiger partial charge in [0.1, 0.15) is 6.33 Å². The minimum absolute atomic E-state index is 0.0157. The lowest BCUT2D eigenvalue weighted by atomic mass is 10.1. The lowest BCUT2D eigenvalue weighted by Gasteiger charge is -2.14. The molecule has 210 valence electrons. The van der Waals surface area contributed by atoms with Gasteiger partial charge in [-0.3, -0.25) is 24.3 Å². The number of aromatic nitrogens is 6. The van der Waals surface area contributed by atoms with Crippen molar-refractivity contribution in [3.05, 3.63) is 47.4 Å². The first kappa shape index (κ1) is 25.3. The summed E-state index contributed by atoms with van der Waals surface area (Å²) in [6.45, 7) is 3.94. The molecule has 1 aromatic carbocycles. The highest BCUT2D eigenvalue weighted by Crippen LogP contribution is 2.27. The van der Waals surface area contributed by atoms with E-state index in [0.717, 1.165) is 44.4 Å². The third kappa shape index (κ3) is 5.15. The second kappa shape index (κ2) is 10.4. The Hall–Kier alpha value is -4.65. The molecule has 2 saturated heterocycles. The molecular formula is C28H30N10O3. The lowest BCUT2D eigenvalue weighted by Crippen LogP contribution is -2.28. The van der Waals surface area contributed by atoms with E-state index >= 15 is 0 Å². The van der Waals surface area contributed by atoms with Crippen LogP contribution in [0.1, 0.15) is 54.4 Å². The number of fused-ring (bicyclic) bond motifs is 2. The maximum absolute atomic E-state index is 12.8. The van der Waals surface area contributed by atoms with Crippen molar-refractivity contribution in [2.75, 3.05) is 31.5 Å². The molecule has 3 fully saturated rings. The second-order valence-electron chi connectivity index (χ2n) is 10.8. The van der Waals surface area contributed by atoms with Gasteiger partial charge in [0.25, 0.3) is 11.8 Å². The maximum atomic E-state index is 12.8. The van der Waals surface area contributed by atoms with E-state index in [1.54, 1.807) is 39.8 Å². The Morgan fingerprint density at radius 1 is 1.15 bits per heavy atom. The van der Waals surface area contributed by atoms with Crippen LogP contribution in [0.15, 0.2) is 36.3 Å². The Morgan fingerprint density at radius 3 is 2.78 bits per heavy atom. The number of hydrogen-bond donors (Lipinski definition) is 3. The number of nitrogens with zero attached hydrogens (tertiary/aromatic N) is 7. The van der Waals surface area contributed by atoms with Crippen LogP contribution < -0.4 is 16.0 Å². The van der Waals surface area contributed by atoms with E-state index in [0.29, 0.717) is 52.3 Å². The molecule has 0 unspecified atom stereocenters. The highest BCUT2D eigenvalue weighted by Gasteiger charge is 2.26. The number of nitrogens with one attached hydrogen (secondary N) is 3. The molecule has 41 heavy (non-hydrogen) atoms. The number of imidazole rings is 1. The largest absolute Gasteiger partial charge is 0.352 e. The van der Waals surface area contributed by atoms with Crippen molar-refractivity contribution in [3.63, 3.8) is 0 Å². The van der Waals surface area contributed by atoms with Crippen LogP contribution in [0, 0.1) is 0 Å². The quantitative estimate of drug-likeness (QED) is 0.159. The molecule has 3 aliphatic rings. The average Bonchev–Trinajstić information content (AvgIpc) is 3.33. The van der Waals surface area contributed by atoms with Gasteiger partial charge in [-0.15, -0.1) is 0 Å². The van der Waals surface area contributed by atoms with Gasteiger partial charge in [0, 0.05) is 29.3 Å². The fourth-order valence-electron chi connectivity index (χ4n) is 5.33. The number of likely N-dealkylation sites (tertiary alicyclic amines) is 1. The fraction of sp³-hybridized carbons (Fsp3) is 0.393. The van der Waals surface area contributed by atoms with Crippen LogP contribution in [0.3, 0.4) is 0 Å². The van der Waals surface area contributed by atoms with Gasteiger partial charge >= 0.3 is 0 Å². The lowest BCUT2D eigenvalue weighted by molar-refractivity contribution is -0.124. The number of hydrogen-bond acceptors (Lipinski definition) is 9. The third-order valence-corrected chi connectivity index (χ3v) is 7.68. The van der Waals surface area contributed by atoms with Gasteiger partial charge < -0.3 is 15.5 Å². The summed E-state index contributed by atoms with van der Waals surface area (Å²) in [5, 5.41) is 13.2. The zero-order valence-electron chi connectivity index (χ0n) is 22.5. The fourth-order valence-corrected chi connectivity index (χ4v) is 5.33. The normalized spacial score (nSPS) is 18.6. The summed E-state index contributed by atoms with van der Waals surface area (Å²) in [5.41, 5.74) is 3.39. The monoisotopic (exact) mass is 554 g/mol. The number of carbonyl (C=O) groups excluding carboxylic acids is 3. The zero-order valence-corrected chi connectivity index (χ0v) is 22.5. The van der Waals surface area contributed by atoms with E-state index in [1.807, 2.05) is 6.07 Å². The van der Waals surface area contributed by atoms with Crippen LogP contribution in [0.5, 0.6) is 0 Å². The van der Waals surface area contributed by atoms with E-state index in [-0.39, 0.29) is 18.2 Å². The number of imide groups is 1. The first-order chi connectivity index (χ1) is 20.0.